The van der Waals surface area contributed by atoms with Gasteiger partial charge in [0.05, 0.1) is 15.6 Å². The van der Waals surface area contributed by atoms with Crippen LogP contribution < -0.4 is 4.74 Å². The van der Waals surface area contributed by atoms with E-state index in [1.807, 2.05) is 0 Å². The van der Waals surface area contributed by atoms with Crippen molar-refractivity contribution in [2.75, 3.05) is 0 Å². The molecule has 0 unspecified atom stereocenters. The molecule has 5 heteroatoms. The summed E-state index contributed by atoms with van der Waals surface area (Å²) in [5.74, 6) is -0.0923. The minimum absolute atomic E-state index is 0.00375. The molecule has 18 heavy (non-hydrogen) atoms. The van der Waals surface area contributed by atoms with Gasteiger partial charge in [-0.2, -0.15) is 0 Å². The lowest BCUT2D eigenvalue weighted by Crippen LogP contribution is -1.92. The van der Waals surface area contributed by atoms with Gasteiger partial charge in [-0.3, -0.25) is 4.79 Å². The van der Waals surface area contributed by atoms with Crippen LogP contribution in [0.2, 0.25) is 10.0 Å². The number of rotatable bonds is 3. The van der Waals surface area contributed by atoms with E-state index in [0.717, 1.165) is 6.07 Å². The first kappa shape index (κ1) is 12.9. The van der Waals surface area contributed by atoms with Crippen LogP contribution in [0.25, 0.3) is 0 Å². The second-order valence-electron chi connectivity index (χ2n) is 3.45. The number of carbonyl (C=O) groups excluding carboxylic acids is 1. The van der Waals surface area contributed by atoms with Gasteiger partial charge in [-0.15, -0.1) is 0 Å². The maximum absolute atomic E-state index is 13.2. The molecule has 2 nitrogen and oxygen atoms in total. The van der Waals surface area contributed by atoms with Gasteiger partial charge in [-0.05, 0) is 24.3 Å². The predicted octanol–water partition coefficient (Wildman–Crippen LogP) is 4.74. The Bertz CT molecular complexity index is 600. The summed E-state index contributed by atoms with van der Waals surface area (Å²) in [7, 11) is 0. The van der Waals surface area contributed by atoms with Gasteiger partial charge < -0.3 is 4.74 Å². The summed E-state index contributed by atoms with van der Waals surface area (Å²) in [6, 6.07) is 8.79. The molecule has 0 spiro atoms. The molecule has 0 N–H and O–H groups in total. The molecule has 92 valence electrons. The van der Waals surface area contributed by atoms with Crippen LogP contribution in [0.5, 0.6) is 11.5 Å². The van der Waals surface area contributed by atoms with Crippen molar-refractivity contribution in [1.29, 1.82) is 0 Å². The first-order valence-corrected chi connectivity index (χ1v) is 5.74. The zero-order valence-electron chi connectivity index (χ0n) is 8.99. The van der Waals surface area contributed by atoms with E-state index in [9.17, 15) is 9.18 Å². The average molecular weight is 285 g/mol. The van der Waals surface area contributed by atoms with Crippen LogP contribution in [0.1, 0.15) is 10.4 Å². The second-order valence-corrected chi connectivity index (χ2v) is 4.26. The molecule has 0 heterocycles. The molecule has 0 saturated heterocycles. The zero-order valence-corrected chi connectivity index (χ0v) is 10.5. The van der Waals surface area contributed by atoms with E-state index >= 15 is 0 Å². The Morgan fingerprint density at radius 1 is 1.11 bits per heavy atom. The molecule has 0 bridgehead atoms. The van der Waals surface area contributed by atoms with Gasteiger partial charge in [-0.1, -0.05) is 29.3 Å². The minimum atomic E-state index is -0.594. The molecule has 0 atom stereocenters. The van der Waals surface area contributed by atoms with E-state index in [1.165, 1.54) is 12.1 Å². The molecule has 0 radical (unpaired) electrons. The molecule has 0 aliphatic heterocycles. The number of hydrogen-bond donors (Lipinski definition) is 0. The van der Waals surface area contributed by atoms with Crippen molar-refractivity contribution in [3.63, 3.8) is 0 Å². The smallest absolute Gasteiger partial charge is 0.155 e. The van der Waals surface area contributed by atoms with Crippen LogP contribution in [0, 0.1) is 5.82 Å². The van der Waals surface area contributed by atoms with E-state index < -0.39 is 5.82 Å². The van der Waals surface area contributed by atoms with Crippen LogP contribution in [0.3, 0.4) is 0 Å². The standard InChI is InChI=1S/C13H7Cl2FO2/c14-10-2-1-3-13(9(10)7-17)18-8-4-5-11(15)12(16)6-8/h1-7H. The highest BCUT2D eigenvalue weighted by atomic mass is 35.5. The quantitative estimate of drug-likeness (QED) is 0.761. The Labute approximate surface area is 113 Å². The summed E-state index contributed by atoms with van der Waals surface area (Å²) in [5, 5.41) is 0.279. The fourth-order valence-corrected chi connectivity index (χ4v) is 1.72. The second kappa shape index (κ2) is 5.38. The maximum Gasteiger partial charge on any atom is 0.155 e. The first-order valence-electron chi connectivity index (χ1n) is 4.98. The molecule has 0 amide bonds. The number of ether oxygens (including phenoxy) is 1. The van der Waals surface area contributed by atoms with Crippen molar-refractivity contribution < 1.29 is 13.9 Å². The van der Waals surface area contributed by atoms with Gasteiger partial charge >= 0.3 is 0 Å². The molecular weight excluding hydrogens is 278 g/mol. The summed E-state index contributed by atoms with van der Waals surface area (Å²) in [5.41, 5.74) is 0.217. The third-order valence-electron chi connectivity index (χ3n) is 2.25. The third kappa shape index (κ3) is 2.63. The van der Waals surface area contributed by atoms with Crippen LogP contribution in [0.4, 0.5) is 4.39 Å². The van der Waals surface area contributed by atoms with Crippen molar-refractivity contribution in [3.8, 4) is 11.5 Å². The normalized spacial score (nSPS) is 10.2. The van der Waals surface area contributed by atoms with Crippen molar-refractivity contribution in [1.82, 2.24) is 0 Å². The Balaban J connectivity index is 2.36. The number of aldehydes is 1. The largest absolute Gasteiger partial charge is 0.456 e. The van der Waals surface area contributed by atoms with Crippen molar-refractivity contribution >= 4 is 29.5 Å². The molecule has 2 aromatic carbocycles. The van der Waals surface area contributed by atoms with Crippen LogP contribution in [-0.2, 0) is 0 Å². The lowest BCUT2D eigenvalue weighted by molar-refractivity contribution is 0.112. The van der Waals surface area contributed by atoms with Crippen LogP contribution in [0.15, 0.2) is 36.4 Å². The Kier molecular flexibility index (Phi) is 3.84. The Morgan fingerprint density at radius 2 is 1.89 bits per heavy atom. The van der Waals surface area contributed by atoms with Gasteiger partial charge in [0.2, 0.25) is 0 Å². The van der Waals surface area contributed by atoms with Gasteiger partial charge in [0.1, 0.15) is 17.3 Å². The Hall–Kier alpha value is -1.58. The van der Waals surface area contributed by atoms with Crippen molar-refractivity contribution in [3.05, 3.63) is 57.8 Å². The SMILES string of the molecule is O=Cc1c(Cl)cccc1Oc1ccc(Cl)c(F)c1. The average Bonchev–Trinajstić information content (AvgIpc) is 2.34. The van der Waals surface area contributed by atoms with Gasteiger partial charge in [0, 0.05) is 6.07 Å². The minimum Gasteiger partial charge on any atom is -0.456 e. The van der Waals surface area contributed by atoms with Gasteiger partial charge in [0.25, 0.3) is 0 Å². The van der Waals surface area contributed by atoms with Crippen molar-refractivity contribution in [2.24, 2.45) is 0 Å². The highest BCUT2D eigenvalue weighted by Gasteiger charge is 2.09. The lowest BCUT2D eigenvalue weighted by Gasteiger charge is -2.09. The molecule has 0 aliphatic carbocycles. The molecule has 0 fully saturated rings. The van der Waals surface area contributed by atoms with Gasteiger partial charge in [0.15, 0.2) is 6.29 Å². The highest BCUT2D eigenvalue weighted by molar-refractivity contribution is 6.33. The number of hydrogen-bond acceptors (Lipinski definition) is 2. The predicted molar refractivity (Wildman–Crippen MR) is 68.3 cm³/mol. The monoisotopic (exact) mass is 284 g/mol. The third-order valence-corrected chi connectivity index (χ3v) is 2.89. The van der Waals surface area contributed by atoms with E-state index in [0.29, 0.717) is 6.29 Å². The molecule has 2 rings (SSSR count). The summed E-state index contributed by atoms with van der Waals surface area (Å²) < 4.78 is 18.6. The zero-order chi connectivity index (χ0) is 13.1. The molecule has 0 aliphatic rings. The van der Waals surface area contributed by atoms with Gasteiger partial charge in [-0.25, -0.2) is 4.39 Å². The van der Waals surface area contributed by atoms with Crippen LogP contribution in [-0.4, -0.2) is 6.29 Å². The van der Waals surface area contributed by atoms with Crippen molar-refractivity contribution in [2.45, 2.75) is 0 Å². The van der Waals surface area contributed by atoms with E-state index in [4.69, 9.17) is 27.9 Å². The molecule has 2 aromatic rings. The fraction of sp³-hybridized carbons (Fsp3) is 0. The Morgan fingerprint density at radius 3 is 2.56 bits per heavy atom. The lowest BCUT2D eigenvalue weighted by atomic mass is 10.2. The highest BCUT2D eigenvalue weighted by Crippen LogP contribution is 2.30. The van der Waals surface area contributed by atoms with E-state index in [1.54, 1.807) is 18.2 Å². The molecular formula is C13H7Cl2FO2. The number of benzene rings is 2. The number of halogens is 3. The molecule has 0 aromatic heterocycles. The summed E-state index contributed by atoms with van der Waals surface area (Å²) in [6.45, 7) is 0. The van der Waals surface area contributed by atoms with E-state index in [-0.39, 0.29) is 27.1 Å². The summed E-state index contributed by atoms with van der Waals surface area (Å²) >= 11 is 11.4. The number of carbonyl (C=O) groups is 1. The maximum atomic E-state index is 13.2. The fourth-order valence-electron chi connectivity index (χ4n) is 1.39. The topological polar surface area (TPSA) is 26.3 Å². The summed E-state index contributed by atoms with van der Waals surface area (Å²) in [4.78, 5) is 10.9. The summed E-state index contributed by atoms with van der Waals surface area (Å²) in [6.07, 6.45) is 0.587. The van der Waals surface area contributed by atoms with E-state index in [2.05, 4.69) is 0 Å². The van der Waals surface area contributed by atoms with Crippen LogP contribution >= 0.6 is 23.2 Å². The first-order chi connectivity index (χ1) is 8.61. The molecule has 0 saturated carbocycles.